The number of hydrogen-bond acceptors (Lipinski definition) is 2. The molecule has 4 nitrogen and oxygen atoms in total. The summed E-state index contributed by atoms with van der Waals surface area (Å²) in [6.45, 7) is 6.65. The van der Waals surface area contributed by atoms with Gasteiger partial charge in [-0.2, -0.15) is 0 Å². The fourth-order valence-corrected chi connectivity index (χ4v) is 3.45. The molecule has 140 valence electrons. The Balaban J connectivity index is 2.11. The van der Waals surface area contributed by atoms with Gasteiger partial charge in [0.15, 0.2) is 0 Å². The van der Waals surface area contributed by atoms with Crippen LogP contribution in [0.3, 0.4) is 0 Å². The van der Waals surface area contributed by atoms with Crippen LogP contribution >= 0.6 is 11.6 Å². The molecule has 0 aliphatic rings. The number of amides is 1. The normalized spacial score (nSPS) is 11.2. The topological polar surface area (TPSA) is 42.3 Å². The van der Waals surface area contributed by atoms with Gasteiger partial charge in [0.2, 0.25) is 0 Å². The summed E-state index contributed by atoms with van der Waals surface area (Å²) in [5.41, 5.74) is 3.17. The van der Waals surface area contributed by atoms with Crippen molar-refractivity contribution in [2.24, 2.45) is 0 Å². The lowest BCUT2D eigenvalue weighted by Gasteiger charge is -2.19. The number of carbonyl (C=O) groups excluding carboxylic acids is 1. The molecule has 0 saturated carbocycles. The number of halogens is 1. The van der Waals surface area contributed by atoms with Crippen LogP contribution in [0.25, 0.3) is 10.9 Å². The Morgan fingerprint density at radius 1 is 1.11 bits per heavy atom. The van der Waals surface area contributed by atoms with Crippen LogP contribution in [-0.4, -0.2) is 17.5 Å². The zero-order chi connectivity index (χ0) is 19.7. The average molecular weight is 383 g/mol. The molecule has 0 aliphatic heterocycles. The summed E-state index contributed by atoms with van der Waals surface area (Å²) in [7, 11) is 1.74. The first-order valence-corrected chi connectivity index (χ1v) is 9.42. The van der Waals surface area contributed by atoms with Crippen molar-refractivity contribution >= 4 is 34.1 Å². The van der Waals surface area contributed by atoms with Gasteiger partial charge in [0, 0.05) is 41.3 Å². The highest BCUT2D eigenvalue weighted by molar-refractivity contribution is 6.30. The van der Waals surface area contributed by atoms with Gasteiger partial charge in [-0.15, -0.1) is 0 Å². The molecule has 0 bridgehead atoms. The van der Waals surface area contributed by atoms with Gasteiger partial charge in [0.05, 0.1) is 5.52 Å². The Morgan fingerprint density at radius 2 is 1.78 bits per heavy atom. The third-order valence-electron chi connectivity index (χ3n) is 4.85. The van der Waals surface area contributed by atoms with Gasteiger partial charge >= 0.3 is 0 Å². The van der Waals surface area contributed by atoms with Crippen molar-refractivity contribution in [3.63, 3.8) is 0 Å². The summed E-state index contributed by atoms with van der Waals surface area (Å²) in [5.74, 6) is 0.0780. The lowest BCUT2D eigenvalue weighted by atomic mass is 9.97. The van der Waals surface area contributed by atoms with Crippen molar-refractivity contribution in [2.75, 3.05) is 11.9 Å². The van der Waals surface area contributed by atoms with Crippen molar-refractivity contribution < 1.29 is 4.79 Å². The van der Waals surface area contributed by atoms with Crippen LogP contribution in [0.15, 0.2) is 53.3 Å². The molecule has 0 fully saturated rings. The predicted octanol–water partition coefficient (Wildman–Crippen LogP) is 5.07. The highest BCUT2D eigenvalue weighted by atomic mass is 35.5. The van der Waals surface area contributed by atoms with Crippen molar-refractivity contribution in [1.29, 1.82) is 0 Å². The fourth-order valence-electron chi connectivity index (χ4n) is 3.32. The molecule has 0 N–H and O–H groups in total. The lowest BCUT2D eigenvalue weighted by molar-refractivity contribution is 0.0993. The zero-order valence-corrected chi connectivity index (χ0v) is 16.7. The van der Waals surface area contributed by atoms with E-state index in [-0.39, 0.29) is 17.4 Å². The summed E-state index contributed by atoms with van der Waals surface area (Å²) < 4.78 is 1.73. The van der Waals surface area contributed by atoms with Gasteiger partial charge in [-0.3, -0.25) is 9.59 Å². The van der Waals surface area contributed by atoms with E-state index in [4.69, 9.17) is 11.6 Å². The van der Waals surface area contributed by atoms with E-state index in [1.165, 1.54) is 0 Å². The second-order valence-electron chi connectivity index (χ2n) is 6.91. The standard InChI is InChI=1S/C22H23ClN2O2/c1-5-25-20-11-6-15(12-19(20)18(14(2)3)13-21(25)26)22(27)24(4)17-9-7-16(23)8-10-17/h6-14H,5H2,1-4H3. The molecule has 0 aliphatic carbocycles. The second kappa shape index (κ2) is 7.57. The van der Waals surface area contributed by atoms with Gasteiger partial charge in [0.1, 0.15) is 0 Å². The Hall–Kier alpha value is -2.59. The molecule has 0 radical (unpaired) electrons. The Morgan fingerprint density at radius 3 is 2.37 bits per heavy atom. The number of pyridine rings is 1. The van der Waals surface area contributed by atoms with Crippen molar-refractivity contribution in [1.82, 2.24) is 4.57 Å². The minimum absolute atomic E-state index is 0.00828. The summed E-state index contributed by atoms with van der Waals surface area (Å²) in [6.07, 6.45) is 0. The van der Waals surface area contributed by atoms with Gasteiger partial charge < -0.3 is 9.47 Å². The maximum atomic E-state index is 13.0. The average Bonchev–Trinajstić information content (AvgIpc) is 2.66. The van der Waals surface area contributed by atoms with Crippen molar-refractivity contribution in [3.8, 4) is 0 Å². The molecule has 3 rings (SSSR count). The predicted molar refractivity (Wildman–Crippen MR) is 112 cm³/mol. The minimum Gasteiger partial charge on any atom is -0.311 e. The zero-order valence-electron chi connectivity index (χ0n) is 16.0. The van der Waals surface area contributed by atoms with Crippen LogP contribution in [0.4, 0.5) is 5.69 Å². The maximum Gasteiger partial charge on any atom is 0.258 e. The van der Waals surface area contributed by atoms with Crippen LogP contribution in [0.2, 0.25) is 5.02 Å². The second-order valence-corrected chi connectivity index (χ2v) is 7.35. The third kappa shape index (κ3) is 3.62. The van der Waals surface area contributed by atoms with Crippen LogP contribution in [0, 0.1) is 0 Å². The van der Waals surface area contributed by atoms with Crippen LogP contribution in [-0.2, 0) is 6.54 Å². The number of hydrogen-bond donors (Lipinski definition) is 0. The first-order valence-electron chi connectivity index (χ1n) is 9.04. The smallest absolute Gasteiger partial charge is 0.258 e. The van der Waals surface area contributed by atoms with Gasteiger partial charge in [-0.1, -0.05) is 25.4 Å². The highest BCUT2D eigenvalue weighted by Gasteiger charge is 2.17. The van der Waals surface area contributed by atoms with Crippen LogP contribution in [0.1, 0.15) is 42.6 Å². The van der Waals surface area contributed by atoms with E-state index in [0.717, 1.165) is 22.2 Å². The van der Waals surface area contributed by atoms with E-state index in [2.05, 4.69) is 13.8 Å². The summed E-state index contributed by atoms with van der Waals surface area (Å²) in [5, 5.41) is 1.58. The number of nitrogens with zero attached hydrogens (tertiary/aromatic N) is 2. The number of aromatic nitrogens is 1. The molecule has 27 heavy (non-hydrogen) atoms. The first kappa shape index (κ1) is 19.2. The maximum absolute atomic E-state index is 13.0. The molecule has 0 atom stereocenters. The van der Waals surface area contributed by atoms with Gasteiger partial charge in [-0.05, 0) is 60.9 Å². The SMILES string of the molecule is CCn1c(=O)cc(C(C)C)c2cc(C(=O)N(C)c3ccc(Cl)cc3)ccc21. The summed E-state index contributed by atoms with van der Waals surface area (Å²) in [6, 6.07) is 14.4. The molecule has 2 aromatic carbocycles. The van der Waals surface area contributed by atoms with E-state index >= 15 is 0 Å². The molecule has 1 heterocycles. The van der Waals surface area contributed by atoms with E-state index in [0.29, 0.717) is 17.1 Å². The lowest BCUT2D eigenvalue weighted by Crippen LogP contribution is -2.26. The van der Waals surface area contributed by atoms with Crippen molar-refractivity contribution in [2.45, 2.75) is 33.2 Å². The Bertz CT molecular complexity index is 1050. The molecule has 0 spiro atoms. The van der Waals surface area contributed by atoms with Crippen molar-refractivity contribution in [3.05, 3.63) is 75.0 Å². The Labute approximate surface area is 164 Å². The fraction of sp³-hybridized carbons (Fsp3) is 0.273. The quantitative estimate of drug-likeness (QED) is 0.631. The molecular weight excluding hydrogens is 360 g/mol. The van der Waals surface area contributed by atoms with E-state index < -0.39 is 0 Å². The van der Waals surface area contributed by atoms with Crippen LogP contribution < -0.4 is 10.5 Å². The minimum atomic E-state index is -0.108. The van der Waals surface area contributed by atoms with Crippen LogP contribution in [0.5, 0.6) is 0 Å². The number of benzene rings is 2. The molecule has 0 saturated heterocycles. The molecule has 5 heteroatoms. The number of anilines is 1. The monoisotopic (exact) mass is 382 g/mol. The summed E-state index contributed by atoms with van der Waals surface area (Å²) >= 11 is 5.94. The van der Waals surface area contributed by atoms with Gasteiger partial charge in [-0.25, -0.2) is 0 Å². The third-order valence-corrected chi connectivity index (χ3v) is 5.10. The number of fused-ring (bicyclic) bond motifs is 1. The number of rotatable bonds is 4. The molecule has 1 amide bonds. The molecule has 3 aromatic rings. The molecule has 1 aromatic heterocycles. The largest absolute Gasteiger partial charge is 0.311 e. The highest BCUT2D eigenvalue weighted by Crippen LogP contribution is 2.26. The Kier molecular flexibility index (Phi) is 5.38. The number of aryl methyl sites for hydroxylation is 1. The summed E-state index contributed by atoms with van der Waals surface area (Å²) in [4.78, 5) is 27.0. The van der Waals surface area contributed by atoms with E-state index in [9.17, 15) is 9.59 Å². The molecular formula is C22H23ClN2O2. The van der Waals surface area contributed by atoms with Gasteiger partial charge in [0.25, 0.3) is 11.5 Å². The number of carbonyl (C=O) groups is 1. The van der Waals surface area contributed by atoms with E-state index in [1.807, 2.05) is 31.2 Å². The molecule has 0 unspecified atom stereocenters. The van der Waals surface area contributed by atoms with E-state index in [1.54, 1.807) is 40.8 Å². The first-order chi connectivity index (χ1) is 12.8.